The van der Waals surface area contributed by atoms with Crippen molar-refractivity contribution in [3.63, 3.8) is 0 Å². The van der Waals surface area contributed by atoms with Gasteiger partial charge in [0.15, 0.2) is 11.6 Å². The first-order valence-electron chi connectivity index (χ1n) is 9.08. The van der Waals surface area contributed by atoms with E-state index < -0.39 is 5.82 Å². The van der Waals surface area contributed by atoms with E-state index in [-0.39, 0.29) is 17.3 Å². The number of halogens is 1. The van der Waals surface area contributed by atoms with Gasteiger partial charge in [0.1, 0.15) is 0 Å². The maximum Gasteiger partial charge on any atom is 0.255 e. The normalized spacial score (nSPS) is 10.4. The van der Waals surface area contributed by atoms with Crippen molar-refractivity contribution < 1.29 is 13.9 Å². The molecule has 0 radical (unpaired) electrons. The van der Waals surface area contributed by atoms with Gasteiger partial charge in [-0.15, -0.1) is 23.2 Å². The van der Waals surface area contributed by atoms with Crippen molar-refractivity contribution in [2.24, 2.45) is 0 Å². The Morgan fingerprint density at radius 2 is 2.14 bits per heavy atom. The van der Waals surface area contributed by atoms with E-state index in [1.165, 1.54) is 17.4 Å². The van der Waals surface area contributed by atoms with Crippen molar-refractivity contribution >= 4 is 33.1 Å². The quantitative estimate of drug-likeness (QED) is 0.420. The highest BCUT2D eigenvalue weighted by Gasteiger charge is 2.14. The molecule has 0 spiro atoms. The number of hydrogen-bond acceptors (Lipinski definition) is 4. The van der Waals surface area contributed by atoms with Crippen LogP contribution in [0, 0.1) is 24.6 Å². The number of unbranched alkanes of at least 4 members (excludes halogenated alkanes) is 2. The Morgan fingerprint density at radius 1 is 1.29 bits per heavy atom. The molecule has 3 aromatic rings. The Morgan fingerprint density at radius 3 is 2.96 bits per heavy atom. The van der Waals surface area contributed by atoms with Gasteiger partial charge in [-0.3, -0.25) is 4.79 Å². The molecule has 3 rings (SSSR count). The highest BCUT2D eigenvalue weighted by Crippen LogP contribution is 2.26. The van der Waals surface area contributed by atoms with Crippen molar-refractivity contribution in [3.05, 3.63) is 52.8 Å². The van der Waals surface area contributed by atoms with E-state index in [9.17, 15) is 9.18 Å². The summed E-state index contributed by atoms with van der Waals surface area (Å²) >= 11 is 1.52. The lowest BCUT2D eigenvalue weighted by atomic mass is 10.2. The van der Waals surface area contributed by atoms with Crippen LogP contribution in [-0.2, 0) is 0 Å². The number of benzene rings is 2. The number of ether oxygens (including phenoxy) is 1. The topological polar surface area (TPSA) is 51.2 Å². The predicted molar refractivity (Wildman–Crippen MR) is 112 cm³/mol. The summed E-state index contributed by atoms with van der Waals surface area (Å²) in [5, 5.41) is 3.56. The van der Waals surface area contributed by atoms with Crippen LogP contribution in [0.25, 0.3) is 10.2 Å². The van der Waals surface area contributed by atoms with Gasteiger partial charge in [-0.05, 0) is 57.0 Å². The Balaban J connectivity index is 1.65. The standard InChI is InChI=1S/C22H21FN2O2S/c1-3-4-5-6-7-13-27-19-10-8-9-18(21(19)23)25-22(26)16-11-12-17-20(14-16)28-15(2)24-17/h8-12,14H,5-7,13H2,1-2H3,(H,25,26). The van der Waals surface area contributed by atoms with Crippen molar-refractivity contribution in [1.29, 1.82) is 0 Å². The number of carbonyl (C=O) groups excluding carboxylic acids is 1. The summed E-state index contributed by atoms with van der Waals surface area (Å²) in [4.78, 5) is 16.9. The van der Waals surface area contributed by atoms with E-state index in [1.54, 1.807) is 30.3 Å². The molecule has 4 nitrogen and oxygen atoms in total. The molecule has 2 aromatic carbocycles. The zero-order valence-corrected chi connectivity index (χ0v) is 16.7. The average molecular weight is 396 g/mol. The summed E-state index contributed by atoms with van der Waals surface area (Å²) < 4.78 is 21.1. The van der Waals surface area contributed by atoms with Gasteiger partial charge >= 0.3 is 0 Å². The fourth-order valence-corrected chi connectivity index (χ4v) is 3.58. The van der Waals surface area contributed by atoms with Crippen LogP contribution in [0.4, 0.5) is 10.1 Å². The van der Waals surface area contributed by atoms with Crippen LogP contribution >= 0.6 is 11.3 Å². The third-order valence-corrected chi connectivity index (χ3v) is 5.03. The van der Waals surface area contributed by atoms with Crippen molar-refractivity contribution in [3.8, 4) is 17.6 Å². The second-order valence-corrected chi connectivity index (χ2v) is 7.45. The smallest absolute Gasteiger partial charge is 0.255 e. The number of anilines is 1. The highest BCUT2D eigenvalue weighted by molar-refractivity contribution is 7.18. The number of aromatic nitrogens is 1. The number of carbonyl (C=O) groups is 1. The fraction of sp³-hybridized carbons (Fsp3) is 0.273. The maximum atomic E-state index is 14.7. The molecule has 0 atom stereocenters. The Kier molecular flexibility index (Phi) is 6.62. The molecule has 0 aliphatic carbocycles. The van der Waals surface area contributed by atoms with Crippen LogP contribution in [0.3, 0.4) is 0 Å². The van der Waals surface area contributed by atoms with Gasteiger partial charge in [-0.1, -0.05) is 6.07 Å². The molecule has 0 unspecified atom stereocenters. The molecule has 0 bridgehead atoms. The van der Waals surface area contributed by atoms with Crippen LogP contribution in [0.5, 0.6) is 5.75 Å². The largest absolute Gasteiger partial charge is 0.490 e. The molecule has 6 heteroatoms. The molecule has 0 saturated heterocycles. The third kappa shape index (κ3) is 4.87. The van der Waals surface area contributed by atoms with Crippen LogP contribution in [0.2, 0.25) is 0 Å². The van der Waals surface area contributed by atoms with Gasteiger partial charge in [0.2, 0.25) is 0 Å². The third-order valence-electron chi connectivity index (χ3n) is 4.10. The zero-order valence-electron chi connectivity index (χ0n) is 15.8. The SMILES string of the molecule is CC#CCCCCOc1cccc(NC(=O)c2ccc3nc(C)sc3c2)c1F. The zero-order chi connectivity index (χ0) is 19.9. The van der Waals surface area contributed by atoms with Crippen LogP contribution < -0.4 is 10.1 Å². The van der Waals surface area contributed by atoms with E-state index in [0.717, 1.165) is 34.5 Å². The monoisotopic (exact) mass is 396 g/mol. The maximum absolute atomic E-state index is 14.7. The van der Waals surface area contributed by atoms with E-state index >= 15 is 0 Å². The predicted octanol–water partition coefficient (Wildman–Crippen LogP) is 5.57. The summed E-state index contributed by atoms with van der Waals surface area (Å²) in [7, 11) is 0. The summed E-state index contributed by atoms with van der Waals surface area (Å²) in [5.41, 5.74) is 1.41. The van der Waals surface area contributed by atoms with Gasteiger partial charge < -0.3 is 10.1 Å². The van der Waals surface area contributed by atoms with Gasteiger partial charge in [0.25, 0.3) is 5.91 Å². The molecule has 1 aromatic heterocycles. The molecule has 144 valence electrons. The first-order chi connectivity index (χ1) is 13.6. The summed E-state index contributed by atoms with van der Waals surface area (Å²) in [6.07, 6.45) is 2.50. The number of fused-ring (bicyclic) bond motifs is 1. The highest BCUT2D eigenvalue weighted by atomic mass is 32.1. The minimum absolute atomic E-state index is 0.0972. The Labute approximate surface area is 167 Å². The summed E-state index contributed by atoms with van der Waals surface area (Å²) in [6.45, 7) is 4.13. The molecule has 28 heavy (non-hydrogen) atoms. The second kappa shape index (κ2) is 9.34. The van der Waals surface area contributed by atoms with Crippen molar-refractivity contribution in [2.45, 2.75) is 33.1 Å². The summed E-state index contributed by atoms with van der Waals surface area (Å²) in [6, 6.07) is 10.00. The molecule has 1 amide bonds. The van der Waals surface area contributed by atoms with E-state index in [4.69, 9.17) is 4.74 Å². The van der Waals surface area contributed by atoms with Crippen molar-refractivity contribution in [2.75, 3.05) is 11.9 Å². The number of thiazole rings is 1. The number of hydrogen-bond donors (Lipinski definition) is 1. The molecule has 0 fully saturated rings. The van der Waals surface area contributed by atoms with Gasteiger partial charge in [0.05, 0.1) is 27.5 Å². The van der Waals surface area contributed by atoms with E-state index in [1.807, 2.05) is 13.8 Å². The number of nitrogens with zero attached hydrogens (tertiary/aromatic N) is 1. The number of rotatable bonds is 7. The molecule has 0 aliphatic rings. The lowest BCUT2D eigenvalue weighted by Gasteiger charge is -2.11. The average Bonchev–Trinajstić information content (AvgIpc) is 3.06. The van der Waals surface area contributed by atoms with E-state index in [0.29, 0.717) is 12.2 Å². The summed E-state index contributed by atoms with van der Waals surface area (Å²) in [5.74, 6) is 5.02. The molecule has 1 heterocycles. The van der Waals surface area contributed by atoms with Gasteiger partial charge in [-0.25, -0.2) is 9.37 Å². The van der Waals surface area contributed by atoms with E-state index in [2.05, 4.69) is 22.1 Å². The van der Waals surface area contributed by atoms with Crippen LogP contribution in [0.1, 0.15) is 41.6 Å². The molecular formula is C22H21FN2O2S. The minimum atomic E-state index is -0.570. The van der Waals surface area contributed by atoms with Crippen LogP contribution in [0.15, 0.2) is 36.4 Å². The lowest BCUT2D eigenvalue weighted by Crippen LogP contribution is -2.13. The molecule has 1 N–H and O–H groups in total. The molecule has 0 aliphatic heterocycles. The number of aryl methyl sites for hydroxylation is 1. The van der Waals surface area contributed by atoms with Gasteiger partial charge in [0, 0.05) is 12.0 Å². The Bertz CT molecular complexity index is 1050. The number of nitrogens with one attached hydrogen (secondary N) is 1. The molecular weight excluding hydrogens is 375 g/mol. The first-order valence-corrected chi connectivity index (χ1v) is 9.89. The fourth-order valence-electron chi connectivity index (χ4n) is 2.72. The van der Waals surface area contributed by atoms with Crippen molar-refractivity contribution in [1.82, 2.24) is 4.98 Å². The second-order valence-electron chi connectivity index (χ2n) is 6.22. The first kappa shape index (κ1) is 19.8. The lowest BCUT2D eigenvalue weighted by molar-refractivity contribution is 0.102. The number of amides is 1. The van der Waals surface area contributed by atoms with Gasteiger partial charge in [-0.2, -0.15) is 0 Å². The Hall–Kier alpha value is -2.91. The minimum Gasteiger partial charge on any atom is -0.490 e. The van der Waals surface area contributed by atoms with Crippen LogP contribution in [-0.4, -0.2) is 17.5 Å². The molecule has 0 saturated carbocycles.